The van der Waals surface area contributed by atoms with Crippen molar-refractivity contribution in [1.82, 2.24) is 0 Å². The number of phosphoric ester groups is 1. The molecule has 0 aromatic heterocycles. The van der Waals surface area contributed by atoms with Crippen LogP contribution < -0.4 is 5.73 Å². The van der Waals surface area contributed by atoms with Gasteiger partial charge in [-0.25, -0.2) is 4.57 Å². The molecular formula is C61H98NO8P. The van der Waals surface area contributed by atoms with Crippen LogP contribution in [-0.4, -0.2) is 49.3 Å². The van der Waals surface area contributed by atoms with Crippen LogP contribution in [0.25, 0.3) is 0 Å². The summed E-state index contributed by atoms with van der Waals surface area (Å²) in [5.41, 5.74) is 5.37. The second kappa shape index (κ2) is 55.2. The molecule has 2 atom stereocenters. The number of unbranched alkanes of at least 4 members (excludes halogenated alkanes) is 12. The van der Waals surface area contributed by atoms with Crippen molar-refractivity contribution in [3.8, 4) is 0 Å². The zero-order chi connectivity index (χ0) is 51.7. The van der Waals surface area contributed by atoms with Gasteiger partial charge in [0.05, 0.1) is 13.2 Å². The van der Waals surface area contributed by atoms with E-state index in [2.05, 4.69) is 160 Å². The Morgan fingerprint density at radius 3 is 1.11 bits per heavy atom. The summed E-state index contributed by atoms with van der Waals surface area (Å²) >= 11 is 0. The smallest absolute Gasteiger partial charge is 0.462 e. The first-order chi connectivity index (χ1) is 34.8. The Morgan fingerprint density at radius 2 is 0.732 bits per heavy atom. The number of esters is 2. The largest absolute Gasteiger partial charge is 0.472 e. The van der Waals surface area contributed by atoms with E-state index in [1.54, 1.807) is 0 Å². The molecule has 0 aliphatic carbocycles. The lowest BCUT2D eigenvalue weighted by Crippen LogP contribution is -2.29. The molecule has 3 N–H and O–H groups in total. The zero-order valence-corrected chi connectivity index (χ0v) is 45.3. The second-order valence-corrected chi connectivity index (χ2v) is 18.8. The van der Waals surface area contributed by atoms with Crippen LogP contribution in [0.3, 0.4) is 0 Å². The average Bonchev–Trinajstić information content (AvgIpc) is 3.36. The van der Waals surface area contributed by atoms with Crippen LogP contribution in [-0.2, 0) is 32.7 Å². The predicted octanol–water partition coefficient (Wildman–Crippen LogP) is 17.2. The highest BCUT2D eigenvalue weighted by Crippen LogP contribution is 2.43. The number of carbonyl (C=O) groups is 2. The van der Waals surface area contributed by atoms with Gasteiger partial charge in [0.1, 0.15) is 6.61 Å². The molecule has 0 spiro atoms. The molecule has 0 aromatic carbocycles. The van der Waals surface area contributed by atoms with Crippen LogP contribution >= 0.6 is 7.82 Å². The van der Waals surface area contributed by atoms with Gasteiger partial charge in [-0.15, -0.1) is 0 Å². The zero-order valence-electron chi connectivity index (χ0n) is 44.4. The fourth-order valence-corrected chi connectivity index (χ4v) is 7.52. The van der Waals surface area contributed by atoms with Gasteiger partial charge in [-0.3, -0.25) is 18.6 Å². The van der Waals surface area contributed by atoms with E-state index < -0.39 is 32.5 Å². The minimum atomic E-state index is -4.41. The van der Waals surface area contributed by atoms with Gasteiger partial charge in [-0.05, 0) is 116 Å². The molecule has 2 unspecified atom stereocenters. The molecule has 0 saturated carbocycles. The molecule has 9 nitrogen and oxygen atoms in total. The standard InChI is InChI=1S/C61H98NO8P/c1-3-5-7-9-11-13-15-17-19-21-23-25-27-28-29-30-32-34-36-38-40-42-44-46-48-50-52-54-61(64)70-59(58-69-71(65,66)68-56-55-62)57-67-60(63)53-51-49-47-45-43-41-39-37-35-33-31-26-24-22-20-18-16-14-12-10-8-6-4-2/h5-8,11-14,17-20,23-26,28-29,32,34,38,40,44,46,59H,3-4,9-10,15-16,21-22,27,30-31,33,35-37,39,41-43,45,47-58,62H2,1-2H3,(H,65,66)/b7-5-,8-6-,13-11-,14-12-,19-17-,20-18-,25-23-,26-24-,29-28-,34-32-,40-38-,46-44-. The quantitative estimate of drug-likeness (QED) is 0.0264. The molecule has 0 amide bonds. The molecule has 0 heterocycles. The van der Waals surface area contributed by atoms with Gasteiger partial charge < -0.3 is 20.1 Å². The van der Waals surface area contributed by atoms with Crippen molar-refractivity contribution in [2.75, 3.05) is 26.4 Å². The molecule has 0 fully saturated rings. The fraction of sp³-hybridized carbons (Fsp3) is 0.574. The maximum absolute atomic E-state index is 12.7. The highest BCUT2D eigenvalue weighted by Gasteiger charge is 2.26. The van der Waals surface area contributed by atoms with E-state index in [0.717, 1.165) is 116 Å². The summed E-state index contributed by atoms with van der Waals surface area (Å²) in [6.07, 6.45) is 78.9. The van der Waals surface area contributed by atoms with Crippen molar-refractivity contribution in [3.63, 3.8) is 0 Å². The molecule has 10 heteroatoms. The fourth-order valence-electron chi connectivity index (χ4n) is 6.76. The number of ether oxygens (including phenoxy) is 2. The summed E-state index contributed by atoms with van der Waals surface area (Å²) in [5, 5.41) is 0. The van der Waals surface area contributed by atoms with Crippen LogP contribution in [0.5, 0.6) is 0 Å². The maximum Gasteiger partial charge on any atom is 0.472 e. The lowest BCUT2D eigenvalue weighted by molar-refractivity contribution is -0.161. The van der Waals surface area contributed by atoms with E-state index in [0.29, 0.717) is 12.8 Å². The summed E-state index contributed by atoms with van der Waals surface area (Å²) < 4.78 is 32.9. The van der Waals surface area contributed by atoms with Gasteiger partial charge in [0.25, 0.3) is 0 Å². The van der Waals surface area contributed by atoms with Crippen LogP contribution in [0.4, 0.5) is 0 Å². The number of carbonyl (C=O) groups excluding carboxylic acids is 2. The first kappa shape index (κ1) is 66.9. The van der Waals surface area contributed by atoms with Crippen molar-refractivity contribution < 1.29 is 37.6 Å². The normalized spacial score (nSPS) is 14.3. The third-order valence-corrected chi connectivity index (χ3v) is 11.7. The van der Waals surface area contributed by atoms with Crippen molar-refractivity contribution >= 4 is 19.8 Å². The first-order valence-corrected chi connectivity index (χ1v) is 28.8. The Morgan fingerprint density at radius 1 is 0.423 bits per heavy atom. The first-order valence-electron chi connectivity index (χ1n) is 27.3. The van der Waals surface area contributed by atoms with Crippen molar-refractivity contribution in [3.05, 3.63) is 146 Å². The third-order valence-electron chi connectivity index (χ3n) is 10.7. The van der Waals surface area contributed by atoms with Crippen molar-refractivity contribution in [2.24, 2.45) is 5.73 Å². The van der Waals surface area contributed by atoms with E-state index >= 15 is 0 Å². The Balaban J connectivity index is 4.17. The molecule has 0 radical (unpaired) electrons. The lowest BCUT2D eigenvalue weighted by atomic mass is 10.1. The molecule has 71 heavy (non-hydrogen) atoms. The molecule has 0 rings (SSSR count). The Kier molecular flexibility index (Phi) is 52.0. The Bertz CT molecular complexity index is 1660. The topological polar surface area (TPSA) is 134 Å². The monoisotopic (exact) mass is 1000 g/mol. The maximum atomic E-state index is 12.7. The number of rotatable bonds is 49. The van der Waals surface area contributed by atoms with Gasteiger partial charge in [-0.2, -0.15) is 0 Å². The average molecular weight is 1000 g/mol. The molecule has 0 aliphatic heterocycles. The predicted molar refractivity (Wildman–Crippen MR) is 302 cm³/mol. The SMILES string of the molecule is CC/C=C\C/C=C\C/C=C\C/C=C\C/C=C\C/C=C\C/C=C\C/C=C\CCCCC(=O)OC(COC(=O)CCCCCCCCCCCC/C=C\C/C=C\C/C=C\C/C=C\CC)COP(=O)(O)OCCN. The van der Waals surface area contributed by atoms with E-state index in [4.69, 9.17) is 24.3 Å². The van der Waals surface area contributed by atoms with E-state index in [-0.39, 0.29) is 32.6 Å². The molecule has 0 saturated heterocycles. The number of allylic oxidation sites excluding steroid dienone is 24. The van der Waals surface area contributed by atoms with Gasteiger partial charge >= 0.3 is 19.8 Å². The summed E-state index contributed by atoms with van der Waals surface area (Å²) in [7, 11) is -4.41. The number of hydrogen-bond donors (Lipinski definition) is 2. The highest BCUT2D eigenvalue weighted by atomic mass is 31.2. The van der Waals surface area contributed by atoms with Crippen LogP contribution in [0.15, 0.2) is 146 Å². The Labute approximate surface area is 433 Å². The van der Waals surface area contributed by atoms with E-state index in [1.807, 2.05) is 0 Å². The number of nitrogens with two attached hydrogens (primary N) is 1. The molecular weight excluding hydrogens is 906 g/mol. The van der Waals surface area contributed by atoms with Crippen molar-refractivity contribution in [1.29, 1.82) is 0 Å². The van der Waals surface area contributed by atoms with Gasteiger partial charge in [0, 0.05) is 19.4 Å². The minimum absolute atomic E-state index is 0.0368. The lowest BCUT2D eigenvalue weighted by Gasteiger charge is -2.19. The summed E-state index contributed by atoms with van der Waals surface area (Å²) in [4.78, 5) is 35.1. The van der Waals surface area contributed by atoms with E-state index in [9.17, 15) is 19.0 Å². The molecule has 0 aliphatic rings. The summed E-state index contributed by atoms with van der Waals surface area (Å²) in [6.45, 7) is 3.44. The summed E-state index contributed by atoms with van der Waals surface area (Å²) in [6, 6.07) is 0. The minimum Gasteiger partial charge on any atom is -0.462 e. The van der Waals surface area contributed by atoms with Crippen LogP contribution in [0.1, 0.15) is 194 Å². The van der Waals surface area contributed by atoms with Crippen LogP contribution in [0.2, 0.25) is 0 Å². The highest BCUT2D eigenvalue weighted by molar-refractivity contribution is 7.47. The second-order valence-electron chi connectivity index (χ2n) is 17.3. The van der Waals surface area contributed by atoms with Gasteiger partial charge in [0.2, 0.25) is 0 Å². The molecule has 0 aromatic rings. The Hall–Kier alpha value is -4.11. The molecule has 400 valence electrons. The number of hydrogen-bond acceptors (Lipinski definition) is 8. The van der Waals surface area contributed by atoms with E-state index in [1.165, 1.54) is 38.5 Å². The van der Waals surface area contributed by atoms with Crippen molar-refractivity contribution in [2.45, 2.75) is 200 Å². The van der Waals surface area contributed by atoms with Crippen LogP contribution in [0, 0.1) is 0 Å². The van der Waals surface area contributed by atoms with Gasteiger partial charge in [-0.1, -0.05) is 211 Å². The van der Waals surface area contributed by atoms with Gasteiger partial charge in [0.15, 0.2) is 6.10 Å². The number of phosphoric acid groups is 1. The molecule has 0 bridgehead atoms. The third kappa shape index (κ3) is 55.1. The summed E-state index contributed by atoms with van der Waals surface area (Å²) in [5.74, 6) is -0.897.